The molecule has 0 aromatic rings. The van der Waals surface area contributed by atoms with E-state index in [0.717, 1.165) is 52.4 Å². The van der Waals surface area contributed by atoms with Crippen LogP contribution in [0.4, 0.5) is 0 Å². The Bertz CT molecular complexity index is 224. The first kappa shape index (κ1) is 11.0. The van der Waals surface area contributed by atoms with Crippen molar-refractivity contribution in [3.63, 3.8) is 0 Å². The Balaban J connectivity index is 1.53. The van der Waals surface area contributed by atoms with E-state index in [1.54, 1.807) is 0 Å². The van der Waals surface area contributed by atoms with Crippen molar-refractivity contribution in [2.75, 3.05) is 39.5 Å². The second kappa shape index (κ2) is 4.61. The van der Waals surface area contributed by atoms with E-state index in [-0.39, 0.29) is 5.79 Å². The van der Waals surface area contributed by atoms with E-state index in [9.17, 15) is 0 Å². The van der Waals surface area contributed by atoms with Gasteiger partial charge in [-0.05, 0) is 12.8 Å². The van der Waals surface area contributed by atoms with E-state index in [1.165, 1.54) is 12.8 Å². The lowest BCUT2D eigenvalue weighted by molar-refractivity contribution is -0.190. The SMILES string of the molecule is C1COCC(N2CCC3(CC2)OCCO3)C1. The summed E-state index contributed by atoms with van der Waals surface area (Å²) in [7, 11) is 0. The van der Waals surface area contributed by atoms with E-state index >= 15 is 0 Å². The van der Waals surface area contributed by atoms with Crippen molar-refractivity contribution in [2.45, 2.75) is 37.5 Å². The van der Waals surface area contributed by atoms with Gasteiger partial charge in [-0.1, -0.05) is 0 Å². The number of likely N-dealkylation sites (tertiary alicyclic amines) is 1. The van der Waals surface area contributed by atoms with Gasteiger partial charge in [0.1, 0.15) is 0 Å². The summed E-state index contributed by atoms with van der Waals surface area (Å²) in [6.07, 6.45) is 4.53. The van der Waals surface area contributed by atoms with Crippen LogP contribution < -0.4 is 0 Å². The molecule has 4 nitrogen and oxygen atoms in total. The van der Waals surface area contributed by atoms with Gasteiger partial charge < -0.3 is 14.2 Å². The van der Waals surface area contributed by atoms with Crippen LogP contribution in [-0.4, -0.2) is 56.2 Å². The summed E-state index contributed by atoms with van der Waals surface area (Å²) in [5.41, 5.74) is 0. The number of nitrogens with zero attached hydrogens (tertiary/aromatic N) is 1. The van der Waals surface area contributed by atoms with Gasteiger partial charge >= 0.3 is 0 Å². The van der Waals surface area contributed by atoms with Crippen LogP contribution in [0.25, 0.3) is 0 Å². The van der Waals surface area contributed by atoms with Gasteiger partial charge in [0, 0.05) is 38.6 Å². The minimum Gasteiger partial charge on any atom is -0.380 e. The Morgan fingerprint density at radius 1 is 1.00 bits per heavy atom. The Morgan fingerprint density at radius 2 is 1.75 bits per heavy atom. The number of hydrogen-bond donors (Lipinski definition) is 0. The molecule has 16 heavy (non-hydrogen) atoms. The molecule has 3 aliphatic heterocycles. The highest BCUT2D eigenvalue weighted by Crippen LogP contribution is 2.32. The minimum atomic E-state index is -0.230. The van der Waals surface area contributed by atoms with Crippen LogP contribution in [0.15, 0.2) is 0 Å². The molecule has 0 aromatic carbocycles. The molecule has 0 saturated carbocycles. The highest BCUT2D eigenvalue weighted by Gasteiger charge is 2.41. The van der Waals surface area contributed by atoms with E-state index in [1.807, 2.05) is 0 Å². The first-order chi connectivity index (χ1) is 7.88. The molecule has 0 amide bonds. The molecule has 1 atom stereocenters. The summed E-state index contributed by atoms with van der Waals surface area (Å²) in [6, 6.07) is 0.632. The van der Waals surface area contributed by atoms with Crippen molar-refractivity contribution in [2.24, 2.45) is 0 Å². The molecule has 1 unspecified atom stereocenters. The second-order valence-electron chi connectivity index (χ2n) is 5.01. The van der Waals surface area contributed by atoms with Gasteiger partial charge in [0.05, 0.1) is 19.8 Å². The molecule has 0 bridgehead atoms. The van der Waals surface area contributed by atoms with Crippen molar-refractivity contribution < 1.29 is 14.2 Å². The molecular formula is C12H21NO3. The lowest BCUT2D eigenvalue weighted by Crippen LogP contribution is -2.50. The number of rotatable bonds is 1. The molecule has 4 heteroatoms. The average Bonchev–Trinajstić information content (AvgIpc) is 2.80. The van der Waals surface area contributed by atoms with Gasteiger partial charge in [-0.2, -0.15) is 0 Å². The molecule has 0 aliphatic carbocycles. The number of hydrogen-bond acceptors (Lipinski definition) is 4. The minimum absolute atomic E-state index is 0.230. The van der Waals surface area contributed by atoms with E-state index in [2.05, 4.69) is 4.90 Å². The Kier molecular flexibility index (Phi) is 3.16. The fourth-order valence-corrected chi connectivity index (χ4v) is 3.03. The summed E-state index contributed by atoms with van der Waals surface area (Å²) in [5.74, 6) is -0.230. The molecule has 0 N–H and O–H groups in total. The highest BCUT2D eigenvalue weighted by molar-refractivity contribution is 4.86. The van der Waals surface area contributed by atoms with E-state index < -0.39 is 0 Å². The van der Waals surface area contributed by atoms with Crippen LogP contribution in [0.3, 0.4) is 0 Å². The van der Waals surface area contributed by atoms with Crippen LogP contribution in [0.1, 0.15) is 25.7 Å². The van der Waals surface area contributed by atoms with Crippen molar-refractivity contribution in [1.29, 1.82) is 0 Å². The third kappa shape index (κ3) is 2.12. The molecule has 1 spiro atoms. The average molecular weight is 227 g/mol. The molecule has 92 valence electrons. The Hall–Kier alpha value is -0.160. The van der Waals surface area contributed by atoms with Crippen LogP contribution in [0.2, 0.25) is 0 Å². The third-order valence-corrected chi connectivity index (χ3v) is 4.03. The zero-order valence-corrected chi connectivity index (χ0v) is 9.82. The summed E-state index contributed by atoms with van der Waals surface area (Å²) < 4.78 is 17.0. The van der Waals surface area contributed by atoms with Crippen LogP contribution in [0, 0.1) is 0 Å². The predicted octanol–water partition coefficient (Wildman–Crippen LogP) is 1.00. The van der Waals surface area contributed by atoms with Crippen LogP contribution >= 0.6 is 0 Å². The Morgan fingerprint density at radius 3 is 2.38 bits per heavy atom. The van der Waals surface area contributed by atoms with Crippen LogP contribution in [-0.2, 0) is 14.2 Å². The quantitative estimate of drug-likeness (QED) is 0.669. The summed E-state index contributed by atoms with van der Waals surface area (Å²) in [4.78, 5) is 2.55. The zero-order chi connectivity index (χ0) is 10.8. The first-order valence-electron chi connectivity index (χ1n) is 6.48. The topological polar surface area (TPSA) is 30.9 Å². The van der Waals surface area contributed by atoms with Gasteiger partial charge in [-0.3, -0.25) is 4.90 Å². The normalized spacial score (nSPS) is 35.6. The molecule has 0 radical (unpaired) electrons. The number of ether oxygens (including phenoxy) is 3. The molecule has 3 saturated heterocycles. The fourth-order valence-electron chi connectivity index (χ4n) is 3.03. The second-order valence-corrected chi connectivity index (χ2v) is 5.01. The van der Waals surface area contributed by atoms with Gasteiger partial charge in [-0.15, -0.1) is 0 Å². The van der Waals surface area contributed by atoms with E-state index in [0.29, 0.717) is 6.04 Å². The lowest BCUT2D eigenvalue weighted by atomic mass is 9.99. The number of piperidine rings is 1. The van der Waals surface area contributed by atoms with Crippen molar-refractivity contribution in [3.8, 4) is 0 Å². The van der Waals surface area contributed by atoms with Crippen molar-refractivity contribution in [3.05, 3.63) is 0 Å². The fraction of sp³-hybridized carbons (Fsp3) is 1.00. The third-order valence-electron chi connectivity index (χ3n) is 4.03. The Labute approximate surface area is 96.8 Å². The summed E-state index contributed by atoms with van der Waals surface area (Å²) >= 11 is 0. The van der Waals surface area contributed by atoms with Crippen molar-refractivity contribution >= 4 is 0 Å². The summed E-state index contributed by atoms with van der Waals surface area (Å²) in [6.45, 7) is 5.58. The highest BCUT2D eigenvalue weighted by atomic mass is 16.7. The lowest BCUT2D eigenvalue weighted by Gasteiger charge is -2.42. The van der Waals surface area contributed by atoms with E-state index in [4.69, 9.17) is 14.2 Å². The first-order valence-corrected chi connectivity index (χ1v) is 6.48. The van der Waals surface area contributed by atoms with Gasteiger partial charge in [0.25, 0.3) is 0 Å². The van der Waals surface area contributed by atoms with Crippen LogP contribution in [0.5, 0.6) is 0 Å². The van der Waals surface area contributed by atoms with Gasteiger partial charge in [-0.25, -0.2) is 0 Å². The summed E-state index contributed by atoms with van der Waals surface area (Å²) in [5, 5.41) is 0. The molecule has 3 aliphatic rings. The standard InChI is InChI=1S/C12H21NO3/c1-2-11(10-14-7-1)13-5-3-12(4-6-13)15-8-9-16-12/h11H,1-10H2. The largest absolute Gasteiger partial charge is 0.380 e. The maximum Gasteiger partial charge on any atom is 0.170 e. The maximum atomic E-state index is 5.74. The molecule has 3 fully saturated rings. The maximum absolute atomic E-state index is 5.74. The molecule has 3 rings (SSSR count). The smallest absolute Gasteiger partial charge is 0.170 e. The molecular weight excluding hydrogens is 206 g/mol. The zero-order valence-electron chi connectivity index (χ0n) is 9.82. The van der Waals surface area contributed by atoms with Crippen molar-refractivity contribution in [1.82, 2.24) is 4.90 Å². The predicted molar refractivity (Wildman–Crippen MR) is 59.3 cm³/mol. The monoisotopic (exact) mass is 227 g/mol. The molecule has 0 aromatic heterocycles. The van der Waals surface area contributed by atoms with Gasteiger partial charge in [0.2, 0.25) is 0 Å². The van der Waals surface area contributed by atoms with Gasteiger partial charge in [0.15, 0.2) is 5.79 Å². The molecule has 3 heterocycles.